The zero-order chi connectivity index (χ0) is 98.6. The van der Waals surface area contributed by atoms with Gasteiger partial charge in [-0.15, -0.1) is 5.06 Å². The number of amides is 11. The zero-order valence-corrected chi connectivity index (χ0v) is 80.8. The molecule has 0 aromatic heterocycles. The van der Waals surface area contributed by atoms with Crippen LogP contribution in [0.2, 0.25) is 0 Å². The van der Waals surface area contributed by atoms with E-state index in [4.69, 9.17) is 119 Å². The van der Waals surface area contributed by atoms with E-state index in [-0.39, 0.29) is 272 Å². The van der Waals surface area contributed by atoms with Gasteiger partial charge in [-0.1, -0.05) is 6.58 Å². The van der Waals surface area contributed by atoms with E-state index in [0.717, 1.165) is 9.80 Å². The molecule has 11 amide bonds. The van der Waals surface area contributed by atoms with Crippen LogP contribution in [0.1, 0.15) is 77.0 Å². The van der Waals surface area contributed by atoms with Gasteiger partial charge in [-0.2, -0.15) is 0 Å². The molecule has 1 saturated heterocycles. The summed E-state index contributed by atoms with van der Waals surface area (Å²) in [5.74, 6) is -9.01. The standard InChI is InChI=1S/C87H159N11O37/c1-74(95(24-30-120-48-54-132-66-60-126-42-36-114-5)71-79(103)88-18-8-11-75(99)91-21-27-117-45-51-129-63-57-123-39-33-111-2)87(94-78(102)14-17-86(110)135-98-82(106)15-16-83(98)107,69-84(108)96(25-31-121-49-55-133-67-61-127-43-37-115-6)72-80(104)89-19-9-12-76(100)92-22-28-118-46-52-130-64-58-124-40-34-112-3)70-85(109)97(26-32-122-50-56-134-68-62-128-44-38-116-7)73-81(105)90-20-10-13-77(101)93-23-29-119-47-53-131-65-59-125-41-35-113-4/h1,8-73H2,2-7H3,(H,88,103)(H,89,104)(H,90,105)(H,91,99)(H,92,100)(H,93,101)(H,94,102). The number of hydrogen-bond donors (Lipinski definition) is 7. The van der Waals surface area contributed by atoms with Crippen LogP contribution in [0.15, 0.2) is 12.3 Å². The van der Waals surface area contributed by atoms with Crippen molar-refractivity contribution in [2.75, 3.05) is 399 Å². The van der Waals surface area contributed by atoms with Crippen LogP contribution in [-0.4, -0.2) is 495 Å². The van der Waals surface area contributed by atoms with E-state index in [1.54, 1.807) is 35.5 Å². The number of ether oxygens (including phenoxy) is 24. The third-order valence-corrected chi connectivity index (χ3v) is 18.7. The van der Waals surface area contributed by atoms with Crippen LogP contribution >= 0.6 is 0 Å². The van der Waals surface area contributed by atoms with Gasteiger partial charge in [0, 0.05) is 146 Å². The second kappa shape index (κ2) is 91.5. The van der Waals surface area contributed by atoms with Gasteiger partial charge in [0.2, 0.25) is 53.2 Å². The summed E-state index contributed by atoms with van der Waals surface area (Å²) in [6, 6.07) is 0. The minimum Gasteiger partial charge on any atom is -0.382 e. The fourth-order valence-corrected chi connectivity index (χ4v) is 11.5. The van der Waals surface area contributed by atoms with Crippen molar-refractivity contribution in [3.05, 3.63) is 12.3 Å². The van der Waals surface area contributed by atoms with Crippen molar-refractivity contribution in [2.24, 2.45) is 0 Å². The third-order valence-electron chi connectivity index (χ3n) is 18.7. The van der Waals surface area contributed by atoms with Crippen molar-refractivity contribution in [2.45, 2.75) is 82.6 Å². The third kappa shape index (κ3) is 75.1. The number of imide groups is 1. The minimum atomic E-state index is -2.49. The molecule has 0 aromatic rings. The van der Waals surface area contributed by atoms with Crippen molar-refractivity contribution >= 4 is 70.9 Å². The molecule has 0 saturated carbocycles. The summed E-state index contributed by atoms with van der Waals surface area (Å²) in [6.07, 6.45) is -3.81. The molecule has 0 aliphatic carbocycles. The summed E-state index contributed by atoms with van der Waals surface area (Å²) in [5, 5.41) is 19.8. The van der Waals surface area contributed by atoms with Crippen molar-refractivity contribution in [3.63, 3.8) is 0 Å². The number of hydrogen-bond acceptors (Lipinski definition) is 38. The molecule has 1 aliphatic heterocycles. The number of rotatable bonds is 101. The normalized spacial score (nSPS) is 12.0. The van der Waals surface area contributed by atoms with E-state index in [1.807, 2.05) is 0 Å². The molecule has 0 unspecified atom stereocenters. The molecule has 135 heavy (non-hydrogen) atoms. The van der Waals surface area contributed by atoms with Gasteiger partial charge in [-0.25, -0.2) is 4.79 Å². The Morgan fingerprint density at radius 2 is 0.496 bits per heavy atom. The van der Waals surface area contributed by atoms with E-state index in [0.29, 0.717) is 144 Å². The first kappa shape index (κ1) is 125. The molecule has 1 aliphatic rings. The Labute approximate surface area is 794 Å². The largest absolute Gasteiger partial charge is 0.382 e. The molecule has 0 aromatic carbocycles. The SMILES string of the molecule is C=C(N(CCOCCOCCOCCOC)CC(=O)NCCCC(=O)NCCOCCOCCOCCOC)C(CC(=O)N(CCOCCOCCOCCOC)CC(=O)NCCCC(=O)NCCOCCOCCOCCOC)(CC(=O)N(CCOCCOCCOCCOC)CC(=O)NCCCC(=O)NCCOCCOCCOCCOC)NC(=O)CCC(=O)ON1C(=O)CCC1=O. The fraction of sp³-hybridized carbons (Fsp3) is 0.839. The van der Waals surface area contributed by atoms with E-state index in [1.165, 1.54) is 12.0 Å². The van der Waals surface area contributed by atoms with Gasteiger partial charge >= 0.3 is 5.97 Å². The average molecular weight is 1950 g/mol. The van der Waals surface area contributed by atoms with Crippen LogP contribution in [-0.2, 0) is 176 Å². The molecule has 0 atom stereocenters. The molecule has 0 bridgehead atoms. The van der Waals surface area contributed by atoms with E-state index < -0.39 is 104 Å². The molecule has 0 spiro atoms. The zero-order valence-electron chi connectivity index (χ0n) is 80.8. The van der Waals surface area contributed by atoms with Gasteiger partial charge < -0.3 is 170 Å². The molecule has 48 heteroatoms. The number of methoxy groups -OCH3 is 6. The predicted octanol–water partition coefficient (Wildman–Crippen LogP) is -3.30. The Morgan fingerprint density at radius 3 is 0.756 bits per heavy atom. The lowest BCUT2D eigenvalue weighted by Crippen LogP contribution is -2.60. The molecule has 784 valence electrons. The van der Waals surface area contributed by atoms with Crippen molar-refractivity contribution in [1.82, 2.24) is 57.0 Å². The Balaban J connectivity index is 4.17. The van der Waals surface area contributed by atoms with Crippen molar-refractivity contribution < 1.29 is 176 Å². The lowest BCUT2D eigenvalue weighted by atomic mass is 9.84. The average Bonchev–Trinajstić information content (AvgIpc) is 1.14. The van der Waals surface area contributed by atoms with Crippen LogP contribution in [0.5, 0.6) is 0 Å². The smallest absolute Gasteiger partial charge is 0.333 e. The second-order valence-electron chi connectivity index (χ2n) is 29.4. The monoisotopic (exact) mass is 1950 g/mol. The fourth-order valence-electron chi connectivity index (χ4n) is 11.5. The second-order valence-corrected chi connectivity index (χ2v) is 29.4. The summed E-state index contributed by atoms with van der Waals surface area (Å²) in [5.41, 5.74) is -2.80. The minimum absolute atomic E-state index is 0.0160. The van der Waals surface area contributed by atoms with Crippen molar-refractivity contribution in [1.29, 1.82) is 0 Å². The quantitative estimate of drug-likeness (QED) is 0.0232. The highest BCUT2D eigenvalue weighted by atomic mass is 16.7. The molecule has 0 radical (unpaired) electrons. The van der Waals surface area contributed by atoms with E-state index in [2.05, 4.69) is 43.8 Å². The Hall–Kier alpha value is -7.58. The first-order valence-electron chi connectivity index (χ1n) is 46.1. The van der Waals surface area contributed by atoms with Gasteiger partial charge in [-0.3, -0.25) is 52.7 Å². The summed E-state index contributed by atoms with van der Waals surface area (Å²) in [7, 11) is 9.36. The number of hydroxylamine groups is 2. The predicted molar refractivity (Wildman–Crippen MR) is 482 cm³/mol. The first-order valence-corrected chi connectivity index (χ1v) is 46.1. The number of carbonyl (C=O) groups excluding carboxylic acids is 12. The molecular weight excluding hydrogens is 1790 g/mol. The molecular formula is C87H159N11O37. The van der Waals surface area contributed by atoms with Crippen LogP contribution in [0.4, 0.5) is 0 Å². The molecule has 1 heterocycles. The van der Waals surface area contributed by atoms with Crippen molar-refractivity contribution in [3.8, 4) is 0 Å². The summed E-state index contributed by atoms with van der Waals surface area (Å²) < 4.78 is 131. The maximum absolute atomic E-state index is 16.0. The summed E-state index contributed by atoms with van der Waals surface area (Å²) >= 11 is 0. The van der Waals surface area contributed by atoms with E-state index in [9.17, 15) is 43.2 Å². The molecule has 7 N–H and O–H groups in total. The number of nitrogens with one attached hydrogen (secondary N) is 7. The van der Waals surface area contributed by atoms with Gasteiger partial charge in [0.05, 0.1) is 322 Å². The Morgan fingerprint density at radius 1 is 0.274 bits per heavy atom. The summed E-state index contributed by atoms with van der Waals surface area (Å²) in [4.78, 5) is 177. The van der Waals surface area contributed by atoms with Gasteiger partial charge in [-0.05, 0) is 19.3 Å². The van der Waals surface area contributed by atoms with Gasteiger partial charge in [0.15, 0.2) is 0 Å². The first-order chi connectivity index (χ1) is 65.8. The topological polar surface area (TPSA) is 533 Å². The molecule has 1 rings (SSSR count). The number of nitrogens with zero attached hydrogens (tertiary/aromatic N) is 4. The van der Waals surface area contributed by atoms with Crippen LogP contribution < -0.4 is 37.2 Å². The summed E-state index contributed by atoms with van der Waals surface area (Å²) in [6.45, 7) is 11.9. The van der Waals surface area contributed by atoms with Crippen LogP contribution in [0.3, 0.4) is 0 Å². The highest BCUT2D eigenvalue weighted by Gasteiger charge is 2.45. The Kier molecular flexibility index (Phi) is 85.0. The molecule has 1 fully saturated rings. The van der Waals surface area contributed by atoms with Gasteiger partial charge in [0.1, 0.15) is 0 Å². The van der Waals surface area contributed by atoms with Gasteiger partial charge in [0.25, 0.3) is 11.8 Å². The van der Waals surface area contributed by atoms with Crippen LogP contribution in [0, 0.1) is 0 Å². The Bertz CT molecular complexity index is 2940. The highest BCUT2D eigenvalue weighted by Crippen LogP contribution is 2.31. The molecule has 48 nitrogen and oxygen atoms in total. The lowest BCUT2D eigenvalue weighted by Gasteiger charge is -2.43. The van der Waals surface area contributed by atoms with Crippen LogP contribution in [0.25, 0.3) is 0 Å². The maximum Gasteiger partial charge on any atom is 0.333 e. The van der Waals surface area contributed by atoms with E-state index >= 15 is 14.4 Å². The highest BCUT2D eigenvalue weighted by molar-refractivity contribution is 6.01. The maximum atomic E-state index is 16.0. The lowest BCUT2D eigenvalue weighted by molar-refractivity contribution is -0.197. The number of carbonyl (C=O) groups is 12.